The molecule has 0 saturated carbocycles. The molecule has 0 aliphatic heterocycles. The molecule has 150 valence electrons. The second-order valence-electron chi connectivity index (χ2n) is 6.37. The smallest absolute Gasteiger partial charge is 0.257 e. The summed E-state index contributed by atoms with van der Waals surface area (Å²) in [7, 11) is 3.05. The number of ether oxygens (including phenoxy) is 2. The van der Waals surface area contributed by atoms with Crippen LogP contribution in [0.25, 0.3) is 11.3 Å². The van der Waals surface area contributed by atoms with Crippen LogP contribution in [0.2, 0.25) is 0 Å². The molecule has 0 spiro atoms. The Morgan fingerprint density at radius 1 is 1.07 bits per heavy atom. The van der Waals surface area contributed by atoms with Crippen LogP contribution in [0.5, 0.6) is 11.5 Å². The van der Waals surface area contributed by atoms with Crippen LogP contribution >= 0.6 is 23.6 Å². The Hall–Kier alpha value is -2.97. The summed E-state index contributed by atoms with van der Waals surface area (Å²) in [5, 5.41) is 8.34. The number of anilines is 1. The van der Waals surface area contributed by atoms with E-state index in [2.05, 4.69) is 47.7 Å². The zero-order valence-corrected chi connectivity index (χ0v) is 18.2. The minimum Gasteiger partial charge on any atom is -0.497 e. The van der Waals surface area contributed by atoms with E-state index in [0.717, 1.165) is 16.8 Å². The van der Waals surface area contributed by atoms with E-state index in [1.165, 1.54) is 31.1 Å². The van der Waals surface area contributed by atoms with E-state index >= 15 is 0 Å². The molecular formula is C21H21N3O3S2. The summed E-state index contributed by atoms with van der Waals surface area (Å²) in [5.41, 5.74) is 4.67. The third kappa shape index (κ3) is 5.10. The van der Waals surface area contributed by atoms with Crippen LogP contribution in [0.15, 0.2) is 41.8 Å². The van der Waals surface area contributed by atoms with Crippen molar-refractivity contribution in [2.45, 2.75) is 13.8 Å². The first kappa shape index (κ1) is 20.8. The Labute approximate surface area is 178 Å². The molecule has 6 nitrogen and oxygen atoms in total. The first-order chi connectivity index (χ1) is 13.9. The van der Waals surface area contributed by atoms with E-state index in [9.17, 15) is 4.79 Å². The van der Waals surface area contributed by atoms with Crippen molar-refractivity contribution in [2.24, 2.45) is 0 Å². The average Bonchev–Trinajstić information content (AvgIpc) is 3.15. The second kappa shape index (κ2) is 9.02. The monoisotopic (exact) mass is 427 g/mol. The van der Waals surface area contributed by atoms with Gasteiger partial charge in [-0.1, -0.05) is 23.8 Å². The number of thiocarbonyl (C=S) groups is 1. The quantitative estimate of drug-likeness (QED) is 0.581. The lowest BCUT2D eigenvalue weighted by atomic mass is 10.0. The largest absolute Gasteiger partial charge is 0.497 e. The molecule has 0 aliphatic rings. The van der Waals surface area contributed by atoms with Crippen molar-refractivity contribution in [3.05, 3.63) is 58.5 Å². The van der Waals surface area contributed by atoms with Gasteiger partial charge in [-0.05, 0) is 43.8 Å². The zero-order chi connectivity index (χ0) is 21.0. The van der Waals surface area contributed by atoms with Gasteiger partial charge in [-0.2, -0.15) is 0 Å². The number of hydrogen-bond donors (Lipinski definition) is 2. The second-order valence-corrected chi connectivity index (χ2v) is 7.63. The van der Waals surface area contributed by atoms with Gasteiger partial charge in [0, 0.05) is 22.6 Å². The van der Waals surface area contributed by atoms with E-state index in [4.69, 9.17) is 21.7 Å². The number of aryl methyl sites for hydroxylation is 2. The van der Waals surface area contributed by atoms with Gasteiger partial charge in [-0.15, -0.1) is 11.3 Å². The van der Waals surface area contributed by atoms with Gasteiger partial charge in [-0.25, -0.2) is 4.98 Å². The lowest BCUT2D eigenvalue weighted by molar-refractivity contribution is 0.0977. The maximum absolute atomic E-state index is 12.5. The summed E-state index contributed by atoms with van der Waals surface area (Å²) in [5.74, 6) is 0.670. The van der Waals surface area contributed by atoms with Crippen molar-refractivity contribution in [3.8, 4) is 22.8 Å². The topological polar surface area (TPSA) is 72.5 Å². The van der Waals surface area contributed by atoms with Gasteiger partial charge in [-0.3, -0.25) is 10.1 Å². The van der Waals surface area contributed by atoms with E-state index in [1.807, 2.05) is 5.38 Å². The molecule has 8 heteroatoms. The van der Waals surface area contributed by atoms with Gasteiger partial charge in [0.15, 0.2) is 10.2 Å². The highest BCUT2D eigenvalue weighted by molar-refractivity contribution is 7.80. The molecule has 1 aromatic heterocycles. The summed E-state index contributed by atoms with van der Waals surface area (Å²) in [4.78, 5) is 17.1. The predicted octanol–water partition coefficient (Wildman–Crippen LogP) is 4.57. The summed E-state index contributed by atoms with van der Waals surface area (Å²) in [6.07, 6.45) is 0. The fraction of sp³-hybridized carbons (Fsp3) is 0.190. The fourth-order valence-electron chi connectivity index (χ4n) is 2.80. The van der Waals surface area contributed by atoms with Crippen molar-refractivity contribution in [1.29, 1.82) is 0 Å². The molecule has 29 heavy (non-hydrogen) atoms. The van der Waals surface area contributed by atoms with Crippen LogP contribution < -0.4 is 20.1 Å². The maximum Gasteiger partial charge on any atom is 0.257 e. The average molecular weight is 428 g/mol. The van der Waals surface area contributed by atoms with Crippen LogP contribution in [0.4, 0.5) is 5.13 Å². The molecule has 0 bridgehead atoms. The maximum atomic E-state index is 12.5. The number of methoxy groups -OCH3 is 2. The number of carbonyl (C=O) groups is 1. The number of thiazole rings is 1. The van der Waals surface area contributed by atoms with Crippen molar-refractivity contribution < 1.29 is 14.3 Å². The molecule has 0 aliphatic carbocycles. The highest BCUT2D eigenvalue weighted by Gasteiger charge is 2.13. The molecule has 0 saturated heterocycles. The van der Waals surface area contributed by atoms with Crippen LogP contribution in [0.3, 0.4) is 0 Å². The molecule has 0 unspecified atom stereocenters. The number of aromatic nitrogens is 1. The number of carbonyl (C=O) groups excluding carboxylic acids is 1. The third-order valence-corrected chi connectivity index (χ3v) is 5.19. The van der Waals surface area contributed by atoms with E-state index < -0.39 is 0 Å². The molecule has 2 N–H and O–H groups in total. The van der Waals surface area contributed by atoms with Gasteiger partial charge in [0.1, 0.15) is 11.5 Å². The van der Waals surface area contributed by atoms with Gasteiger partial charge in [0.05, 0.1) is 19.9 Å². The summed E-state index contributed by atoms with van der Waals surface area (Å²) < 4.78 is 10.4. The Morgan fingerprint density at radius 2 is 1.76 bits per heavy atom. The Balaban J connectivity index is 1.68. The predicted molar refractivity (Wildman–Crippen MR) is 120 cm³/mol. The van der Waals surface area contributed by atoms with E-state index in [0.29, 0.717) is 22.2 Å². The van der Waals surface area contributed by atoms with Crippen LogP contribution in [-0.4, -0.2) is 30.2 Å². The van der Waals surface area contributed by atoms with E-state index in [1.54, 1.807) is 18.2 Å². The molecule has 0 fully saturated rings. The van der Waals surface area contributed by atoms with Crippen LogP contribution in [0.1, 0.15) is 21.5 Å². The van der Waals surface area contributed by atoms with Crippen molar-refractivity contribution in [2.75, 3.05) is 19.5 Å². The minimum atomic E-state index is -0.370. The van der Waals surface area contributed by atoms with Gasteiger partial charge in [0.2, 0.25) is 0 Å². The number of amides is 1. The number of nitrogens with one attached hydrogen (secondary N) is 2. The van der Waals surface area contributed by atoms with E-state index in [-0.39, 0.29) is 11.0 Å². The lowest BCUT2D eigenvalue weighted by Gasteiger charge is -2.10. The number of nitrogens with zero attached hydrogens (tertiary/aromatic N) is 1. The number of rotatable bonds is 5. The fourth-order valence-corrected chi connectivity index (χ4v) is 3.77. The molecule has 3 rings (SSSR count). The van der Waals surface area contributed by atoms with Crippen molar-refractivity contribution >= 4 is 39.7 Å². The van der Waals surface area contributed by atoms with Gasteiger partial charge in [0.25, 0.3) is 5.91 Å². The zero-order valence-electron chi connectivity index (χ0n) is 16.5. The molecule has 1 heterocycles. The lowest BCUT2D eigenvalue weighted by Crippen LogP contribution is -2.34. The van der Waals surface area contributed by atoms with Crippen LogP contribution in [-0.2, 0) is 0 Å². The standard InChI is InChI=1S/C21H21N3O3S2/c1-12-5-6-17(13(2)7-12)18-11-29-21(22-18)24-20(28)23-19(25)14-8-15(26-3)10-16(9-14)27-4/h5-11H,1-4H3,(H2,22,23,24,25,28). The first-order valence-corrected chi connectivity index (χ1v) is 10.1. The number of hydrogen-bond acceptors (Lipinski definition) is 6. The molecular weight excluding hydrogens is 406 g/mol. The SMILES string of the molecule is COc1cc(OC)cc(C(=O)NC(=S)Nc2nc(-c3ccc(C)cc3C)cs2)c1. The molecule has 2 aromatic carbocycles. The first-order valence-electron chi connectivity index (χ1n) is 8.78. The highest BCUT2D eigenvalue weighted by atomic mass is 32.1. The Morgan fingerprint density at radius 3 is 2.38 bits per heavy atom. The minimum absolute atomic E-state index is 0.165. The Kier molecular flexibility index (Phi) is 6.46. The van der Waals surface area contributed by atoms with Crippen molar-refractivity contribution in [1.82, 2.24) is 10.3 Å². The summed E-state index contributed by atoms with van der Waals surface area (Å²) in [6.45, 7) is 4.12. The van der Waals surface area contributed by atoms with Crippen LogP contribution in [0, 0.1) is 13.8 Å². The summed E-state index contributed by atoms with van der Waals surface area (Å²) >= 11 is 6.68. The molecule has 3 aromatic rings. The molecule has 1 amide bonds. The Bertz CT molecular complexity index is 1040. The molecule has 0 radical (unpaired) electrons. The van der Waals surface area contributed by atoms with Crippen molar-refractivity contribution in [3.63, 3.8) is 0 Å². The van der Waals surface area contributed by atoms with Gasteiger partial charge < -0.3 is 14.8 Å². The van der Waals surface area contributed by atoms with Gasteiger partial charge >= 0.3 is 0 Å². The third-order valence-electron chi connectivity index (χ3n) is 4.22. The highest BCUT2D eigenvalue weighted by Crippen LogP contribution is 2.28. The summed E-state index contributed by atoms with van der Waals surface area (Å²) in [6, 6.07) is 11.2. The number of benzene rings is 2. The molecule has 0 atom stereocenters. The normalized spacial score (nSPS) is 10.3.